The van der Waals surface area contributed by atoms with Crippen molar-refractivity contribution in [2.24, 2.45) is 5.92 Å². The molecular formula is C20H19F3N6O. The average molecular weight is 416 g/mol. The summed E-state index contributed by atoms with van der Waals surface area (Å²) in [6, 6.07) is 5.64. The van der Waals surface area contributed by atoms with Gasteiger partial charge in [0.05, 0.1) is 17.2 Å². The van der Waals surface area contributed by atoms with E-state index in [0.29, 0.717) is 30.3 Å². The van der Waals surface area contributed by atoms with Crippen molar-refractivity contribution in [2.75, 3.05) is 6.54 Å². The number of aromatic nitrogens is 5. The highest BCUT2D eigenvalue weighted by atomic mass is 19.4. The highest BCUT2D eigenvalue weighted by Crippen LogP contribution is 2.34. The fourth-order valence-corrected chi connectivity index (χ4v) is 3.20. The lowest BCUT2D eigenvalue weighted by Crippen LogP contribution is -2.37. The number of carbonyl (C=O) groups is 1. The first-order chi connectivity index (χ1) is 14.3. The fourth-order valence-electron chi connectivity index (χ4n) is 3.20. The van der Waals surface area contributed by atoms with E-state index in [1.165, 1.54) is 15.9 Å². The Labute approximate surface area is 170 Å². The summed E-state index contributed by atoms with van der Waals surface area (Å²) in [6.07, 6.45) is 2.24. The second-order valence-electron chi connectivity index (χ2n) is 7.25. The maximum absolute atomic E-state index is 13.2. The summed E-state index contributed by atoms with van der Waals surface area (Å²) in [7, 11) is 0. The Balaban J connectivity index is 1.67. The molecule has 3 aromatic heterocycles. The van der Waals surface area contributed by atoms with Crippen molar-refractivity contribution in [3.63, 3.8) is 0 Å². The van der Waals surface area contributed by atoms with Crippen LogP contribution in [-0.2, 0) is 6.18 Å². The lowest BCUT2D eigenvalue weighted by atomic mass is 10.1. The third kappa shape index (κ3) is 4.17. The topological polar surface area (TPSA) is 76.8 Å². The van der Waals surface area contributed by atoms with Gasteiger partial charge in [0.15, 0.2) is 11.6 Å². The molecule has 1 atom stereocenters. The average Bonchev–Trinajstić information content (AvgIpc) is 3.43. The molecule has 0 saturated heterocycles. The lowest BCUT2D eigenvalue weighted by Gasteiger charge is -2.29. The Morgan fingerprint density at radius 1 is 1.27 bits per heavy atom. The van der Waals surface area contributed by atoms with Crippen LogP contribution >= 0.6 is 0 Å². The van der Waals surface area contributed by atoms with Crippen molar-refractivity contribution >= 4 is 5.91 Å². The third-order valence-corrected chi connectivity index (χ3v) is 5.01. The van der Waals surface area contributed by atoms with E-state index < -0.39 is 23.7 Å². The number of carbonyl (C=O) groups excluding carboxylic acids is 1. The molecule has 1 aliphatic rings. The molecule has 3 heterocycles. The molecule has 0 aliphatic heterocycles. The van der Waals surface area contributed by atoms with Crippen molar-refractivity contribution in [2.45, 2.75) is 32.0 Å². The number of alkyl halides is 3. The molecule has 1 unspecified atom stereocenters. The summed E-state index contributed by atoms with van der Waals surface area (Å²) in [5.41, 5.74) is -1.06. The molecule has 3 aromatic rings. The number of hydrogen-bond donors (Lipinski definition) is 0. The van der Waals surface area contributed by atoms with Crippen LogP contribution in [0.2, 0.25) is 0 Å². The summed E-state index contributed by atoms with van der Waals surface area (Å²) in [4.78, 5) is 26.9. The van der Waals surface area contributed by atoms with Gasteiger partial charge in [-0.25, -0.2) is 9.97 Å². The smallest absolute Gasteiger partial charge is 0.328 e. The van der Waals surface area contributed by atoms with Gasteiger partial charge in [-0.15, -0.1) is 0 Å². The van der Waals surface area contributed by atoms with Crippen molar-refractivity contribution < 1.29 is 18.0 Å². The zero-order chi connectivity index (χ0) is 21.3. The van der Waals surface area contributed by atoms with Crippen molar-refractivity contribution in [1.29, 1.82) is 0 Å². The van der Waals surface area contributed by atoms with E-state index in [2.05, 4.69) is 20.1 Å². The van der Waals surface area contributed by atoms with Gasteiger partial charge in [0.25, 0.3) is 5.91 Å². The van der Waals surface area contributed by atoms with Gasteiger partial charge >= 0.3 is 6.18 Å². The minimum absolute atomic E-state index is 0.110. The van der Waals surface area contributed by atoms with Gasteiger partial charge in [0.1, 0.15) is 6.33 Å². The molecule has 1 aliphatic carbocycles. The molecule has 1 fully saturated rings. The van der Waals surface area contributed by atoms with E-state index in [0.717, 1.165) is 25.1 Å². The predicted octanol–water partition coefficient (Wildman–Crippen LogP) is 3.69. The van der Waals surface area contributed by atoms with E-state index in [4.69, 9.17) is 0 Å². The summed E-state index contributed by atoms with van der Waals surface area (Å²) >= 11 is 0. The Kier molecular flexibility index (Phi) is 5.23. The SMILES string of the molecule is CC(c1ncnn1-c1ccccn1)N(CC1CC1)C(=O)c1cncc(C(F)(F)F)c1. The van der Waals surface area contributed by atoms with Crippen LogP contribution in [0.4, 0.5) is 13.2 Å². The van der Waals surface area contributed by atoms with Crippen LogP contribution in [0.5, 0.6) is 0 Å². The van der Waals surface area contributed by atoms with Crippen LogP contribution in [0.3, 0.4) is 0 Å². The molecule has 1 saturated carbocycles. The first-order valence-corrected chi connectivity index (χ1v) is 9.49. The van der Waals surface area contributed by atoms with E-state index in [9.17, 15) is 18.0 Å². The highest BCUT2D eigenvalue weighted by Gasteiger charge is 2.35. The zero-order valence-corrected chi connectivity index (χ0v) is 16.1. The molecule has 0 aromatic carbocycles. The van der Waals surface area contributed by atoms with E-state index in [1.807, 2.05) is 0 Å². The Hall–Kier alpha value is -3.30. The van der Waals surface area contributed by atoms with Crippen LogP contribution in [0.15, 0.2) is 49.2 Å². The van der Waals surface area contributed by atoms with Crippen molar-refractivity contribution in [3.8, 4) is 5.82 Å². The number of halogens is 3. The molecule has 30 heavy (non-hydrogen) atoms. The summed E-state index contributed by atoms with van der Waals surface area (Å²) in [5, 5.41) is 4.21. The minimum atomic E-state index is -4.57. The monoisotopic (exact) mass is 416 g/mol. The van der Waals surface area contributed by atoms with Gasteiger partial charge < -0.3 is 4.90 Å². The largest absolute Gasteiger partial charge is 0.417 e. The normalized spacial score (nSPS) is 15.1. The number of nitrogens with zero attached hydrogens (tertiary/aromatic N) is 6. The van der Waals surface area contributed by atoms with Crippen LogP contribution < -0.4 is 0 Å². The van der Waals surface area contributed by atoms with Gasteiger partial charge in [-0.05, 0) is 43.9 Å². The Morgan fingerprint density at radius 3 is 2.73 bits per heavy atom. The molecule has 10 heteroatoms. The molecule has 4 rings (SSSR count). The van der Waals surface area contributed by atoms with Crippen LogP contribution in [-0.4, -0.2) is 42.1 Å². The Morgan fingerprint density at radius 2 is 2.07 bits per heavy atom. The van der Waals surface area contributed by atoms with Gasteiger partial charge in [-0.3, -0.25) is 9.78 Å². The molecule has 0 spiro atoms. The standard InChI is InChI=1S/C20H19F3N6O/c1-13(18-26-12-27-29(18)17-4-2-3-7-25-17)28(11-14-5-6-14)19(30)15-8-16(10-24-9-15)20(21,22)23/h2-4,7-10,12-14H,5-6,11H2,1H3. The number of hydrogen-bond acceptors (Lipinski definition) is 5. The van der Waals surface area contributed by atoms with Gasteiger partial charge in [0, 0.05) is 25.1 Å². The fraction of sp³-hybridized carbons (Fsp3) is 0.350. The van der Waals surface area contributed by atoms with E-state index in [1.54, 1.807) is 31.3 Å². The number of pyridine rings is 2. The predicted molar refractivity (Wildman–Crippen MR) is 101 cm³/mol. The maximum Gasteiger partial charge on any atom is 0.417 e. The maximum atomic E-state index is 13.2. The number of rotatable bonds is 6. The van der Waals surface area contributed by atoms with Gasteiger partial charge in [-0.1, -0.05) is 6.07 Å². The first-order valence-electron chi connectivity index (χ1n) is 9.49. The van der Waals surface area contributed by atoms with Crippen LogP contribution in [0.1, 0.15) is 47.6 Å². The number of amides is 1. The lowest BCUT2D eigenvalue weighted by molar-refractivity contribution is -0.137. The molecule has 0 radical (unpaired) electrons. The molecular weight excluding hydrogens is 397 g/mol. The molecule has 1 amide bonds. The third-order valence-electron chi connectivity index (χ3n) is 5.01. The molecule has 7 nitrogen and oxygen atoms in total. The van der Waals surface area contributed by atoms with Crippen LogP contribution in [0.25, 0.3) is 5.82 Å². The molecule has 0 N–H and O–H groups in total. The van der Waals surface area contributed by atoms with Gasteiger partial charge in [0.2, 0.25) is 0 Å². The second kappa shape index (κ2) is 7.85. The second-order valence-corrected chi connectivity index (χ2v) is 7.25. The molecule has 0 bridgehead atoms. The summed E-state index contributed by atoms with van der Waals surface area (Å²) in [6.45, 7) is 2.20. The first kappa shape index (κ1) is 20.0. The zero-order valence-electron chi connectivity index (χ0n) is 16.1. The van der Waals surface area contributed by atoms with E-state index >= 15 is 0 Å². The summed E-state index contributed by atoms with van der Waals surface area (Å²) in [5.74, 6) is 0.809. The van der Waals surface area contributed by atoms with Crippen molar-refractivity contribution in [3.05, 3.63) is 66.1 Å². The van der Waals surface area contributed by atoms with Crippen molar-refractivity contribution in [1.82, 2.24) is 29.6 Å². The molecule has 156 valence electrons. The van der Waals surface area contributed by atoms with Gasteiger partial charge in [-0.2, -0.15) is 23.0 Å². The minimum Gasteiger partial charge on any atom is -0.328 e. The summed E-state index contributed by atoms with van der Waals surface area (Å²) < 4.78 is 40.8. The van der Waals surface area contributed by atoms with E-state index in [-0.39, 0.29) is 5.56 Å². The Bertz CT molecular complexity index is 1030. The highest BCUT2D eigenvalue weighted by molar-refractivity contribution is 5.94. The quantitative estimate of drug-likeness (QED) is 0.613. The van der Waals surface area contributed by atoms with Crippen LogP contribution in [0, 0.1) is 5.92 Å².